The number of rotatable bonds is 4. The number of halogens is 2. The third kappa shape index (κ3) is 3.18. The smallest absolute Gasteiger partial charge is 0.269 e. The second-order valence-corrected chi connectivity index (χ2v) is 9.65. The van der Waals surface area contributed by atoms with Gasteiger partial charge in [0.05, 0.1) is 10.6 Å². The molecule has 2 aromatic carbocycles. The largest absolute Gasteiger partial charge is 0.347 e. The van der Waals surface area contributed by atoms with Crippen molar-refractivity contribution in [3.05, 3.63) is 77.6 Å². The van der Waals surface area contributed by atoms with Crippen molar-refractivity contribution in [3.63, 3.8) is 0 Å². The second kappa shape index (κ2) is 7.43. The van der Waals surface area contributed by atoms with Crippen LogP contribution in [-0.4, -0.2) is 26.9 Å². The Hall–Kier alpha value is -3.23. The first-order valence-electron chi connectivity index (χ1n) is 9.95. The Kier molecular flexibility index (Phi) is 4.79. The molecule has 0 aliphatic rings. The summed E-state index contributed by atoms with van der Waals surface area (Å²) in [4.78, 5) is 8.74. The van der Waals surface area contributed by atoms with E-state index < -0.39 is 10.0 Å². The number of hydrogen-bond acceptors (Lipinski definition) is 4. The first-order chi connectivity index (χ1) is 15.3. The lowest BCUT2D eigenvalue weighted by atomic mass is 10.1. The Balaban J connectivity index is 1.78. The van der Waals surface area contributed by atoms with E-state index >= 15 is 0 Å². The molecule has 0 N–H and O–H groups in total. The van der Waals surface area contributed by atoms with Crippen molar-refractivity contribution in [3.8, 4) is 11.3 Å². The van der Waals surface area contributed by atoms with Gasteiger partial charge in [0.25, 0.3) is 10.0 Å². The van der Waals surface area contributed by atoms with Crippen molar-refractivity contribution in [2.45, 2.75) is 25.3 Å². The van der Waals surface area contributed by atoms with Crippen LogP contribution in [0.25, 0.3) is 33.2 Å². The maximum atomic E-state index is 14.1. The van der Waals surface area contributed by atoms with Gasteiger partial charge in [-0.2, -0.15) is 4.98 Å². The van der Waals surface area contributed by atoms with Crippen LogP contribution in [0.1, 0.15) is 12.5 Å². The van der Waals surface area contributed by atoms with Gasteiger partial charge in [0.1, 0.15) is 5.82 Å². The highest BCUT2D eigenvalue weighted by Crippen LogP contribution is 2.36. The van der Waals surface area contributed by atoms with Crippen LogP contribution in [0.4, 0.5) is 4.39 Å². The van der Waals surface area contributed by atoms with Gasteiger partial charge in [0, 0.05) is 40.8 Å². The molecule has 162 valence electrons. The summed E-state index contributed by atoms with van der Waals surface area (Å²) in [6.45, 7) is 4.54. The second-order valence-electron chi connectivity index (χ2n) is 7.50. The third-order valence-corrected chi connectivity index (χ3v) is 7.35. The molecular formula is C23H18ClFN4O2S. The fourth-order valence-electron chi connectivity index (χ4n) is 3.91. The molecule has 0 aliphatic carbocycles. The molecule has 9 heteroatoms. The summed E-state index contributed by atoms with van der Waals surface area (Å²) in [6.07, 6.45) is 3.31. The molecule has 0 bridgehead atoms. The predicted octanol–water partition coefficient (Wildman–Crippen LogP) is 5.41. The van der Waals surface area contributed by atoms with Gasteiger partial charge in [-0.15, -0.1) is 0 Å². The van der Waals surface area contributed by atoms with E-state index in [-0.39, 0.29) is 21.6 Å². The fourth-order valence-corrected chi connectivity index (χ4v) is 5.37. The van der Waals surface area contributed by atoms with E-state index in [0.29, 0.717) is 28.6 Å². The molecule has 0 saturated carbocycles. The number of benzene rings is 2. The summed E-state index contributed by atoms with van der Waals surface area (Å²) in [7, 11) is -3.90. The van der Waals surface area contributed by atoms with E-state index in [0.717, 1.165) is 15.1 Å². The molecule has 0 saturated heterocycles. The zero-order chi connectivity index (χ0) is 22.6. The van der Waals surface area contributed by atoms with Crippen molar-refractivity contribution in [1.29, 1.82) is 0 Å². The van der Waals surface area contributed by atoms with Crippen LogP contribution in [0.5, 0.6) is 0 Å². The zero-order valence-corrected chi connectivity index (χ0v) is 18.8. The monoisotopic (exact) mass is 468 g/mol. The lowest BCUT2D eigenvalue weighted by Crippen LogP contribution is -2.12. The quantitative estimate of drug-likeness (QED) is 0.331. The Morgan fingerprint density at radius 2 is 1.78 bits per heavy atom. The van der Waals surface area contributed by atoms with E-state index in [1.54, 1.807) is 36.4 Å². The molecule has 0 fully saturated rings. The van der Waals surface area contributed by atoms with Crippen molar-refractivity contribution < 1.29 is 12.8 Å². The van der Waals surface area contributed by atoms with Gasteiger partial charge in [0.15, 0.2) is 5.65 Å². The molecule has 0 radical (unpaired) electrons. The Morgan fingerprint density at radius 3 is 2.50 bits per heavy atom. The van der Waals surface area contributed by atoms with Crippen LogP contribution in [0.15, 0.2) is 65.8 Å². The van der Waals surface area contributed by atoms with Crippen LogP contribution in [-0.2, 0) is 16.6 Å². The minimum Gasteiger partial charge on any atom is -0.347 e. The summed E-state index contributed by atoms with van der Waals surface area (Å²) >= 11 is 6.23. The number of hydrogen-bond donors (Lipinski definition) is 0. The van der Waals surface area contributed by atoms with E-state index in [1.807, 2.05) is 24.6 Å². The van der Waals surface area contributed by atoms with Gasteiger partial charge in [-0.1, -0.05) is 17.7 Å². The predicted molar refractivity (Wildman–Crippen MR) is 123 cm³/mol. The van der Waals surface area contributed by atoms with Crippen LogP contribution in [0, 0.1) is 12.7 Å². The highest BCUT2D eigenvalue weighted by molar-refractivity contribution is 7.90. The Morgan fingerprint density at radius 1 is 1.03 bits per heavy atom. The Labute approximate surface area is 189 Å². The summed E-state index contributed by atoms with van der Waals surface area (Å²) < 4.78 is 43.7. The molecule has 5 aromatic rings. The molecule has 5 rings (SSSR count). The summed E-state index contributed by atoms with van der Waals surface area (Å²) in [5.41, 5.74) is 3.06. The van der Waals surface area contributed by atoms with Gasteiger partial charge in [0.2, 0.25) is 5.28 Å². The Bertz CT molecular complexity index is 1610. The summed E-state index contributed by atoms with van der Waals surface area (Å²) in [6, 6.07) is 12.8. The van der Waals surface area contributed by atoms with Crippen LogP contribution in [0.3, 0.4) is 0 Å². The molecule has 3 aromatic heterocycles. The SMILES string of the molecule is CCn1cc(-c2nc(Cl)nc3c2ccn3S(=O)(=O)c2ccc(C)cc2)c2cc(F)ccc21. The molecule has 0 atom stereocenters. The van der Waals surface area contributed by atoms with Crippen LogP contribution in [0.2, 0.25) is 5.28 Å². The van der Waals surface area contributed by atoms with Crippen molar-refractivity contribution in [2.75, 3.05) is 0 Å². The van der Waals surface area contributed by atoms with Gasteiger partial charge in [-0.3, -0.25) is 0 Å². The molecule has 3 heterocycles. The lowest BCUT2D eigenvalue weighted by Gasteiger charge is -2.08. The van der Waals surface area contributed by atoms with Crippen molar-refractivity contribution in [1.82, 2.24) is 18.5 Å². The molecule has 6 nitrogen and oxygen atoms in total. The third-order valence-electron chi connectivity index (χ3n) is 5.50. The summed E-state index contributed by atoms with van der Waals surface area (Å²) in [5.74, 6) is -0.372. The highest BCUT2D eigenvalue weighted by atomic mass is 35.5. The van der Waals surface area contributed by atoms with E-state index in [2.05, 4.69) is 9.97 Å². The molecule has 32 heavy (non-hydrogen) atoms. The number of aryl methyl sites for hydroxylation is 2. The van der Waals surface area contributed by atoms with Crippen molar-refractivity contribution >= 4 is 43.6 Å². The van der Waals surface area contributed by atoms with Gasteiger partial charge in [-0.25, -0.2) is 21.8 Å². The molecular weight excluding hydrogens is 451 g/mol. The van der Waals surface area contributed by atoms with Crippen LogP contribution < -0.4 is 0 Å². The van der Waals surface area contributed by atoms with E-state index in [1.165, 1.54) is 18.3 Å². The minimum absolute atomic E-state index is 0.0969. The van der Waals surface area contributed by atoms with E-state index in [4.69, 9.17) is 11.6 Å². The highest BCUT2D eigenvalue weighted by Gasteiger charge is 2.23. The average Bonchev–Trinajstić information content (AvgIpc) is 3.35. The standard InChI is InChI=1S/C23H18ClFN4O2S/c1-3-28-13-19(18-12-15(25)6-9-20(18)28)21-17-10-11-29(22(17)27-23(24)26-21)32(30,31)16-7-4-14(2)5-8-16/h4-13H,3H2,1-2H3. The zero-order valence-electron chi connectivity index (χ0n) is 17.3. The normalized spacial score (nSPS) is 12.1. The van der Waals surface area contributed by atoms with Gasteiger partial charge in [-0.05, 0) is 61.8 Å². The number of nitrogens with zero attached hydrogens (tertiary/aromatic N) is 4. The number of fused-ring (bicyclic) bond motifs is 2. The van der Waals surface area contributed by atoms with Crippen molar-refractivity contribution in [2.24, 2.45) is 0 Å². The van der Waals surface area contributed by atoms with E-state index in [9.17, 15) is 12.8 Å². The molecule has 0 unspecified atom stereocenters. The fraction of sp³-hybridized carbons (Fsp3) is 0.130. The summed E-state index contributed by atoms with van der Waals surface area (Å²) in [5, 5.41) is 1.07. The first-order valence-corrected chi connectivity index (χ1v) is 11.8. The first kappa shape index (κ1) is 20.7. The minimum atomic E-state index is -3.90. The average molecular weight is 469 g/mol. The molecule has 0 spiro atoms. The van der Waals surface area contributed by atoms with Crippen LogP contribution >= 0.6 is 11.6 Å². The maximum absolute atomic E-state index is 14.1. The lowest BCUT2D eigenvalue weighted by molar-refractivity contribution is 0.588. The topological polar surface area (TPSA) is 69.8 Å². The van der Waals surface area contributed by atoms with Gasteiger partial charge < -0.3 is 4.57 Å². The maximum Gasteiger partial charge on any atom is 0.269 e. The van der Waals surface area contributed by atoms with Gasteiger partial charge >= 0.3 is 0 Å². The molecule has 0 aliphatic heterocycles. The number of aromatic nitrogens is 4. The molecule has 0 amide bonds.